The fourth-order valence-electron chi connectivity index (χ4n) is 1.91. The number of piperazine rings is 1. The maximum atomic E-state index is 11.8. The zero-order chi connectivity index (χ0) is 13.0. The highest BCUT2D eigenvalue weighted by atomic mass is 16.2. The van der Waals surface area contributed by atoms with Gasteiger partial charge in [-0.05, 0) is 18.6 Å². The summed E-state index contributed by atoms with van der Waals surface area (Å²) in [6.07, 6.45) is 0.153. The molecule has 1 saturated heterocycles. The molecule has 96 valence electrons. The molecule has 0 saturated carbocycles. The first-order chi connectivity index (χ1) is 8.66. The third-order valence-corrected chi connectivity index (χ3v) is 2.94. The Kier molecular flexibility index (Phi) is 3.94. The van der Waals surface area contributed by atoms with E-state index >= 15 is 0 Å². The van der Waals surface area contributed by atoms with Crippen LogP contribution in [0.25, 0.3) is 0 Å². The number of nitrogens with one attached hydrogen (secondary N) is 3. The van der Waals surface area contributed by atoms with Crippen LogP contribution in [-0.4, -0.2) is 30.9 Å². The van der Waals surface area contributed by atoms with E-state index in [1.165, 1.54) is 0 Å². The molecule has 5 nitrogen and oxygen atoms in total. The maximum Gasteiger partial charge on any atom is 0.237 e. The molecule has 0 radical (unpaired) electrons. The summed E-state index contributed by atoms with van der Waals surface area (Å²) in [7, 11) is 0. The molecular formula is C13H17N3O2. The monoisotopic (exact) mass is 247 g/mol. The number of rotatable bonds is 3. The average Bonchev–Trinajstić information content (AvgIpc) is 2.35. The van der Waals surface area contributed by atoms with Gasteiger partial charge in [-0.25, -0.2) is 0 Å². The minimum Gasteiger partial charge on any atom is -0.353 e. The van der Waals surface area contributed by atoms with Crippen molar-refractivity contribution in [2.24, 2.45) is 0 Å². The minimum atomic E-state index is -0.428. The Bertz CT molecular complexity index is 459. The summed E-state index contributed by atoms with van der Waals surface area (Å²) in [5.41, 5.74) is 1.80. The van der Waals surface area contributed by atoms with Gasteiger partial charge in [0.1, 0.15) is 0 Å². The zero-order valence-corrected chi connectivity index (χ0v) is 10.3. The van der Waals surface area contributed by atoms with Gasteiger partial charge >= 0.3 is 0 Å². The number of aryl methyl sites for hydroxylation is 1. The molecule has 18 heavy (non-hydrogen) atoms. The molecule has 0 aromatic heterocycles. The van der Waals surface area contributed by atoms with Crippen molar-refractivity contribution in [3.8, 4) is 0 Å². The van der Waals surface area contributed by atoms with Crippen LogP contribution < -0.4 is 16.0 Å². The third-order valence-electron chi connectivity index (χ3n) is 2.94. The Morgan fingerprint density at radius 2 is 2.17 bits per heavy atom. The summed E-state index contributed by atoms with van der Waals surface area (Å²) in [6.45, 7) is 3.25. The molecule has 1 aliphatic heterocycles. The molecular weight excluding hydrogens is 230 g/mol. The maximum absolute atomic E-state index is 11.8. The first kappa shape index (κ1) is 12.6. The molecule has 0 spiro atoms. The summed E-state index contributed by atoms with van der Waals surface area (Å²) >= 11 is 0. The lowest BCUT2D eigenvalue weighted by molar-refractivity contribution is -0.127. The van der Waals surface area contributed by atoms with Crippen LogP contribution in [-0.2, 0) is 9.59 Å². The molecule has 1 fully saturated rings. The van der Waals surface area contributed by atoms with E-state index in [0.717, 1.165) is 11.3 Å². The van der Waals surface area contributed by atoms with E-state index in [0.29, 0.717) is 13.1 Å². The fraction of sp³-hybridized carbons (Fsp3) is 0.385. The molecule has 1 heterocycles. The summed E-state index contributed by atoms with van der Waals surface area (Å²) in [5.74, 6) is -0.264. The van der Waals surface area contributed by atoms with Crippen LogP contribution >= 0.6 is 0 Å². The predicted octanol–water partition coefficient (Wildman–Crippen LogP) is 0.412. The van der Waals surface area contributed by atoms with E-state index in [2.05, 4.69) is 16.0 Å². The molecule has 3 N–H and O–H groups in total. The second-order valence-corrected chi connectivity index (χ2v) is 4.36. The highest BCUT2D eigenvalue weighted by Crippen LogP contribution is 2.13. The van der Waals surface area contributed by atoms with Gasteiger partial charge in [-0.15, -0.1) is 0 Å². The van der Waals surface area contributed by atoms with Crippen LogP contribution in [0.3, 0.4) is 0 Å². The van der Waals surface area contributed by atoms with Crippen LogP contribution in [0.5, 0.6) is 0 Å². The van der Waals surface area contributed by atoms with E-state index in [-0.39, 0.29) is 18.2 Å². The fourth-order valence-corrected chi connectivity index (χ4v) is 1.91. The van der Waals surface area contributed by atoms with Gasteiger partial charge in [0.05, 0.1) is 12.5 Å². The third kappa shape index (κ3) is 3.07. The number of hydrogen-bond donors (Lipinski definition) is 3. The molecule has 1 aromatic rings. The van der Waals surface area contributed by atoms with Crippen LogP contribution in [0.2, 0.25) is 0 Å². The van der Waals surface area contributed by atoms with Crippen molar-refractivity contribution in [1.29, 1.82) is 0 Å². The molecule has 0 aliphatic carbocycles. The van der Waals surface area contributed by atoms with Gasteiger partial charge in [-0.2, -0.15) is 0 Å². The van der Waals surface area contributed by atoms with E-state index in [9.17, 15) is 9.59 Å². The van der Waals surface area contributed by atoms with Crippen LogP contribution in [0.4, 0.5) is 5.69 Å². The Hall–Kier alpha value is -1.88. The Morgan fingerprint density at radius 3 is 2.89 bits per heavy atom. The van der Waals surface area contributed by atoms with Gasteiger partial charge in [-0.3, -0.25) is 9.59 Å². The number of carbonyl (C=O) groups excluding carboxylic acids is 2. The van der Waals surface area contributed by atoms with Crippen molar-refractivity contribution in [2.45, 2.75) is 19.4 Å². The average molecular weight is 247 g/mol. The number of anilines is 1. The van der Waals surface area contributed by atoms with Gasteiger partial charge < -0.3 is 16.0 Å². The molecule has 0 unspecified atom stereocenters. The quantitative estimate of drug-likeness (QED) is 0.724. The smallest absolute Gasteiger partial charge is 0.237 e. The topological polar surface area (TPSA) is 70.2 Å². The van der Waals surface area contributed by atoms with Crippen molar-refractivity contribution in [3.05, 3.63) is 29.8 Å². The second-order valence-electron chi connectivity index (χ2n) is 4.36. The van der Waals surface area contributed by atoms with Gasteiger partial charge in [0, 0.05) is 18.8 Å². The van der Waals surface area contributed by atoms with Crippen molar-refractivity contribution in [1.82, 2.24) is 10.6 Å². The first-order valence-electron chi connectivity index (χ1n) is 6.03. The Labute approximate surface area is 106 Å². The van der Waals surface area contributed by atoms with Crippen LogP contribution in [0, 0.1) is 6.92 Å². The van der Waals surface area contributed by atoms with Gasteiger partial charge in [0.25, 0.3) is 0 Å². The van der Waals surface area contributed by atoms with Gasteiger partial charge in [0.2, 0.25) is 11.8 Å². The largest absolute Gasteiger partial charge is 0.353 e. The molecule has 5 heteroatoms. The number of carbonyl (C=O) groups is 2. The number of benzene rings is 1. The van der Waals surface area contributed by atoms with Crippen LogP contribution in [0.1, 0.15) is 12.0 Å². The molecule has 2 rings (SSSR count). The lowest BCUT2D eigenvalue weighted by atomic mass is 10.1. The van der Waals surface area contributed by atoms with E-state index < -0.39 is 6.04 Å². The molecule has 2 amide bonds. The van der Waals surface area contributed by atoms with Crippen LogP contribution in [0.15, 0.2) is 24.3 Å². The zero-order valence-electron chi connectivity index (χ0n) is 10.3. The first-order valence-corrected chi connectivity index (χ1v) is 6.03. The van der Waals surface area contributed by atoms with E-state index in [1.807, 2.05) is 31.2 Å². The highest BCUT2D eigenvalue weighted by molar-refractivity contribution is 5.96. The highest BCUT2D eigenvalue weighted by Gasteiger charge is 2.24. The van der Waals surface area contributed by atoms with Crippen molar-refractivity contribution in [2.75, 3.05) is 18.4 Å². The van der Waals surface area contributed by atoms with Gasteiger partial charge in [-0.1, -0.05) is 18.2 Å². The van der Waals surface area contributed by atoms with E-state index in [4.69, 9.17) is 0 Å². The van der Waals surface area contributed by atoms with E-state index in [1.54, 1.807) is 0 Å². The van der Waals surface area contributed by atoms with Crippen molar-refractivity contribution in [3.63, 3.8) is 0 Å². The second kappa shape index (κ2) is 5.64. The predicted molar refractivity (Wildman–Crippen MR) is 69.2 cm³/mol. The standard InChI is InChI=1S/C13H17N3O2/c1-9-4-2-3-5-10(9)16-12(17)8-11-13(18)15-7-6-14-11/h2-5,11,14H,6-8H2,1H3,(H,15,18)(H,16,17)/t11-/m1/s1. The molecule has 1 aliphatic rings. The normalized spacial score (nSPS) is 19.2. The summed E-state index contributed by atoms with van der Waals surface area (Å²) in [6, 6.07) is 7.14. The molecule has 1 atom stereocenters. The summed E-state index contributed by atoms with van der Waals surface area (Å²) in [5, 5.41) is 8.58. The Morgan fingerprint density at radius 1 is 1.39 bits per heavy atom. The number of hydrogen-bond acceptors (Lipinski definition) is 3. The summed E-state index contributed by atoms with van der Waals surface area (Å²) in [4.78, 5) is 23.3. The minimum absolute atomic E-state index is 0.110. The lowest BCUT2D eigenvalue weighted by Crippen LogP contribution is -2.53. The van der Waals surface area contributed by atoms with Gasteiger partial charge in [0.15, 0.2) is 0 Å². The summed E-state index contributed by atoms with van der Waals surface area (Å²) < 4.78 is 0. The lowest BCUT2D eigenvalue weighted by Gasteiger charge is -2.23. The van der Waals surface area contributed by atoms with Crippen molar-refractivity contribution >= 4 is 17.5 Å². The number of para-hydroxylation sites is 1. The Balaban J connectivity index is 1.92. The molecule has 0 bridgehead atoms. The molecule has 1 aromatic carbocycles. The van der Waals surface area contributed by atoms with Crippen molar-refractivity contribution < 1.29 is 9.59 Å². The number of amides is 2. The SMILES string of the molecule is Cc1ccccc1NC(=O)C[C@H]1NCCNC1=O.